The monoisotopic (exact) mass is 295 g/mol. The molecular formula is C15H21NO5. The quantitative estimate of drug-likeness (QED) is 0.622. The molecule has 1 heterocycles. The number of aliphatic carboxylic acids is 1. The number of esters is 1. The van der Waals surface area contributed by atoms with Crippen molar-refractivity contribution in [1.29, 1.82) is 0 Å². The number of hydrogen-bond donors (Lipinski definition) is 1. The standard InChI is InChI=1S/C15H21NO5/c1-21-15(20)10-5-4-8-16(9-10)13(17)11-6-2-3-7-12(11)14(18)19/h2-3,10-12H,4-9H2,1H3,(H,18,19). The van der Waals surface area contributed by atoms with Crippen molar-refractivity contribution in [3.8, 4) is 0 Å². The number of amides is 1. The molecule has 116 valence electrons. The Bertz CT molecular complexity index is 459. The van der Waals surface area contributed by atoms with Gasteiger partial charge in [-0.1, -0.05) is 12.2 Å². The first-order valence-corrected chi connectivity index (χ1v) is 7.29. The molecule has 3 atom stereocenters. The van der Waals surface area contributed by atoms with E-state index >= 15 is 0 Å². The molecule has 0 radical (unpaired) electrons. The fourth-order valence-electron chi connectivity index (χ4n) is 3.13. The molecule has 0 bridgehead atoms. The van der Waals surface area contributed by atoms with Crippen LogP contribution >= 0.6 is 0 Å². The maximum absolute atomic E-state index is 12.6. The number of piperidine rings is 1. The van der Waals surface area contributed by atoms with E-state index in [1.807, 2.05) is 12.2 Å². The molecule has 1 aliphatic carbocycles. The summed E-state index contributed by atoms with van der Waals surface area (Å²) in [6, 6.07) is 0. The average Bonchev–Trinajstić information content (AvgIpc) is 2.53. The van der Waals surface area contributed by atoms with Crippen LogP contribution in [-0.4, -0.2) is 48.1 Å². The van der Waals surface area contributed by atoms with Gasteiger partial charge in [0.25, 0.3) is 0 Å². The molecule has 3 unspecified atom stereocenters. The summed E-state index contributed by atoms with van der Waals surface area (Å²) in [5, 5.41) is 9.26. The molecule has 1 fully saturated rings. The molecular weight excluding hydrogens is 274 g/mol. The predicted octanol–water partition coefficient (Wildman–Crippen LogP) is 1.06. The third kappa shape index (κ3) is 3.43. The van der Waals surface area contributed by atoms with E-state index in [0.717, 1.165) is 6.42 Å². The lowest BCUT2D eigenvalue weighted by atomic mass is 9.81. The van der Waals surface area contributed by atoms with Gasteiger partial charge in [0.15, 0.2) is 0 Å². The number of nitrogens with zero attached hydrogens (tertiary/aromatic N) is 1. The Balaban J connectivity index is 2.06. The largest absolute Gasteiger partial charge is 0.481 e. The highest BCUT2D eigenvalue weighted by atomic mass is 16.5. The topological polar surface area (TPSA) is 83.9 Å². The van der Waals surface area contributed by atoms with Crippen LogP contribution in [0.5, 0.6) is 0 Å². The third-order valence-corrected chi connectivity index (χ3v) is 4.33. The summed E-state index contributed by atoms with van der Waals surface area (Å²) < 4.78 is 4.74. The summed E-state index contributed by atoms with van der Waals surface area (Å²) in [5.41, 5.74) is 0. The molecule has 1 saturated heterocycles. The van der Waals surface area contributed by atoms with Gasteiger partial charge in [-0.05, 0) is 25.7 Å². The molecule has 6 nitrogen and oxygen atoms in total. The number of rotatable bonds is 3. The number of ether oxygens (including phenoxy) is 1. The van der Waals surface area contributed by atoms with Crippen LogP contribution in [-0.2, 0) is 19.1 Å². The van der Waals surface area contributed by atoms with Crippen LogP contribution in [0.25, 0.3) is 0 Å². The van der Waals surface area contributed by atoms with Crippen molar-refractivity contribution < 1.29 is 24.2 Å². The molecule has 1 aliphatic heterocycles. The van der Waals surface area contributed by atoms with Crippen LogP contribution in [0.1, 0.15) is 25.7 Å². The Morgan fingerprint density at radius 2 is 1.86 bits per heavy atom. The summed E-state index contributed by atoms with van der Waals surface area (Å²) in [6.07, 6.45) is 5.98. The van der Waals surface area contributed by atoms with Crippen molar-refractivity contribution in [2.45, 2.75) is 25.7 Å². The molecule has 2 aliphatic rings. The first kappa shape index (κ1) is 15.5. The Morgan fingerprint density at radius 1 is 1.19 bits per heavy atom. The predicted molar refractivity (Wildman–Crippen MR) is 74.3 cm³/mol. The lowest BCUT2D eigenvalue weighted by Gasteiger charge is -2.35. The van der Waals surface area contributed by atoms with Gasteiger partial charge in [-0.3, -0.25) is 14.4 Å². The van der Waals surface area contributed by atoms with Gasteiger partial charge in [0, 0.05) is 13.1 Å². The fourth-order valence-corrected chi connectivity index (χ4v) is 3.13. The van der Waals surface area contributed by atoms with E-state index in [4.69, 9.17) is 4.74 Å². The van der Waals surface area contributed by atoms with E-state index in [-0.39, 0.29) is 17.8 Å². The summed E-state index contributed by atoms with van der Waals surface area (Å²) in [6.45, 7) is 0.914. The van der Waals surface area contributed by atoms with Gasteiger partial charge >= 0.3 is 11.9 Å². The van der Waals surface area contributed by atoms with Gasteiger partial charge in [0.2, 0.25) is 5.91 Å². The minimum absolute atomic E-state index is 0.152. The van der Waals surface area contributed by atoms with Gasteiger partial charge in [-0.15, -0.1) is 0 Å². The minimum Gasteiger partial charge on any atom is -0.481 e. The fraction of sp³-hybridized carbons (Fsp3) is 0.667. The van der Waals surface area contributed by atoms with Crippen LogP contribution < -0.4 is 0 Å². The lowest BCUT2D eigenvalue weighted by Crippen LogP contribution is -2.47. The summed E-state index contributed by atoms with van der Waals surface area (Å²) in [5.74, 6) is -2.87. The highest BCUT2D eigenvalue weighted by molar-refractivity contribution is 5.86. The van der Waals surface area contributed by atoms with E-state index in [0.29, 0.717) is 32.4 Å². The SMILES string of the molecule is COC(=O)C1CCCN(C(=O)C2CC=CCC2C(=O)O)C1. The van der Waals surface area contributed by atoms with Crippen molar-refractivity contribution >= 4 is 17.8 Å². The molecule has 21 heavy (non-hydrogen) atoms. The molecule has 0 aromatic rings. The highest BCUT2D eigenvalue weighted by Crippen LogP contribution is 2.29. The Kier molecular flexibility index (Phi) is 4.98. The van der Waals surface area contributed by atoms with E-state index in [1.54, 1.807) is 4.90 Å². The molecule has 0 aromatic carbocycles. The summed E-state index contributed by atoms with van der Waals surface area (Å²) in [4.78, 5) is 37.1. The van der Waals surface area contributed by atoms with Gasteiger partial charge in [-0.25, -0.2) is 0 Å². The zero-order valence-corrected chi connectivity index (χ0v) is 12.2. The zero-order valence-electron chi connectivity index (χ0n) is 12.2. The normalized spacial score (nSPS) is 29.0. The smallest absolute Gasteiger partial charge is 0.310 e. The van der Waals surface area contributed by atoms with Crippen LogP contribution in [0.3, 0.4) is 0 Å². The Hall–Kier alpha value is -1.85. The number of carbonyl (C=O) groups is 3. The van der Waals surface area contributed by atoms with Crippen LogP contribution in [0, 0.1) is 17.8 Å². The Morgan fingerprint density at radius 3 is 2.48 bits per heavy atom. The molecule has 0 spiro atoms. The third-order valence-electron chi connectivity index (χ3n) is 4.33. The van der Waals surface area contributed by atoms with Crippen molar-refractivity contribution in [2.75, 3.05) is 20.2 Å². The second-order valence-electron chi connectivity index (χ2n) is 5.64. The van der Waals surface area contributed by atoms with Crippen LogP contribution in [0.15, 0.2) is 12.2 Å². The first-order valence-electron chi connectivity index (χ1n) is 7.29. The van der Waals surface area contributed by atoms with Gasteiger partial charge in [0.1, 0.15) is 0 Å². The molecule has 0 aromatic heterocycles. The number of carboxylic acid groups (broad SMARTS) is 1. The van der Waals surface area contributed by atoms with E-state index in [1.165, 1.54) is 7.11 Å². The number of methoxy groups -OCH3 is 1. The molecule has 0 saturated carbocycles. The highest BCUT2D eigenvalue weighted by Gasteiger charge is 2.38. The minimum atomic E-state index is -0.931. The van der Waals surface area contributed by atoms with E-state index in [9.17, 15) is 19.5 Å². The number of likely N-dealkylation sites (tertiary alicyclic amines) is 1. The first-order chi connectivity index (χ1) is 10.0. The summed E-state index contributed by atoms with van der Waals surface area (Å²) in [7, 11) is 1.34. The molecule has 6 heteroatoms. The maximum Gasteiger partial charge on any atom is 0.310 e. The number of carboxylic acids is 1. The van der Waals surface area contributed by atoms with Gasteiger partial charge < -0.3 is 14.7 Å². The van der Waals surface area contributed by atoms with Crippen molar-refractivity contribution in [2.24, 2.45) is 17.8 Å². The summed E-state index contributed by atoms with van der Waals surface area (Å²) >= 11 is 0. The van der Waals surface area contributed by atoms with Gasteiger partial charge in [-0.2, -0.15) is 0 Å². The van der Waals surface area contributed by atoms with Crippen LogP contribution in [0.4, 0.5) is 0 Å². The lowest BCUT2D eigenvalue weighted by molar-refractivity contribution is -0.154. The molecule has 2 rings (SSSR count). The van der Waals surface area contributed by atoms with Crippen molar-refractivity contribution in [1.82, 2.24) is 4.90 Å². The maximum atomic E-state index is 12.6. The average molecular weight is 295 g/mol. The van der Waals surface area contributed by atoms with Crippen LogP contribution in [0.2, 0.25) is 0 Å². The van der Waals surface area contributed by atoms with Crippen molar-refractivity contribution in [3.63, 3.8) is 0 Å². The second kappa shape index (κ2) is 6.74. The zero-order chi connectivity index (χ0) is 15.4. The van der Waals surface area contributed by atoms with Gasteiger partial charge in [0.05, 0.1) is 24.9 Å². The number of hydrogen-bond acceptors (Lipinski definition) is 4. The van der Waals surface area contributed by atoms with E-state index in [2.05, 4.69) is 0 Å². The van der Waals surface area contributed by atoms with E-state index < -0.39 is 17.8 Å². The Labute approximate surface area is 123 Å². The molecule has 1 amide bonds. The second-order valence-corrected chi connectivity index (χ2v) is 5.64. The number of carbonyl (C=O) groups excluding carboxylic acids is 2. The van der Waals surface area contributed by atoms with Crippen molar-refractivity contribution in [3.05, 3.63) is 12.2 Å². The molecule has 1 N–H and O–H groups in total. The number of allylic oxidation sites excluding steroid dienone is 2.